The summed E-state index contributed by atoms with van der Waals surface area (Å²) in [5, 5.41) is 9.88. The summed E-state index contributed by atoms with van der Waals surface area (Å²) in [4.78, 5) is 13.5. The molecule has 152 valence electrons. The molecule has 2 nitrogen and oxygen atoms in total. The van der Waals surface area contributed by atoms with Crippen LogP contribution in [0.1, 0.15) is 33.5 Å². The third-order valence-corrected chi connectivity index (χ3v) is 5.31. The normalized spacial score (nSPS) is 13.3. The Balaban J connectivity index is 2.11. The maximum absolute atomic E-state index is 13.5. The topological polar surface area (TPSA) is 40.9 Å². The minimum atomic E-state index is -4.58. The summed E-state index contributed by atoms with van der Waals surface area (Å²) in [7, 11) is 0. The molecule has 0 saturated carbocycles. The fraction of sp³-hybridized carbons (Fsp3) is 0.167. The van der Waals surface area contributed by atoms with Gasteiger partial charge in [-0.15, -0.1) is 0 Å². The van der Waals surface area contributed by atoms with E-state index in [4.69, 9.17) is 11.6 Å². The van der Waals surface area contributed by atoms with E-state index in [1.54, 1.807) is 30.3 Å². The first kappa shape index (κ1) is 21.6. The van der Waals surface area contributed by atoms with Crippen LogP contribution in [0.4, 0.5) is 13.2 Å². The smallest absolute Gasteiger partial charge is 0.292 e. The van der Waals surface area contributed by atoms with Gasteiger partial charge in [-0.1, -0.05) is 78.3 Å². The molecule has 3 aromatic rings. The van der Waals surface area contributed by atoms with Crippen molar-refractivity contribution in [2.24, 2.45) is 0 Å². The van der Waals surface area contributed by atoms with Crippen LogP contribution in [-0.4, -0.2) is 5.78 Å². The van der Waals surface area contributed by atoms with Crippen LogP contribution in [0.3, 0.4) is 0 Å². The molecule has 0 fully saturated rings. The Labute approximate surface area is 177 Å². The molecule has 0 aromatic heterocycles. The highest BCUT2D eigenvalue weighted by atomic mass is 35.5. The maximum Gasteiger partial charge on any atom is 0.416 e. The number of carbonyl (C=O) groups is 1. The van der Waals surface area contributed by atoms with Crippen molar-refractivity contribution in [3.63, 3.8) is 0 Å². The Hall–Kier alpha value is -3.10. The first-order chi connectivity index (χ1) is 14.3. The third kappa shape index (κ3) is 4.39. The van der Waals surface area contributed by atoms with Crippen molar-refractivity contribution in [3.05, 3.63) is 106 Å². The SMILES string of the molecule is N#CC(CCc1ccccc1)(C(=O)c1ccccc1)c1ccc(C(F)(F)F)cc1Cl. The Morgan fingerprint density at radius 2 is 1.53 bits per heavy atom. The predicted molar refractivity (Wildman–Crippen MR) is 109 cm³/mol. The van der Waals surface area contributed by atoms with Crippen molar-refractivity contribution in [2.75, 3.05) is 0 Å². The molecular weight excluding hydrogens is 411 g/mol. The van der Waals surface area contributed by atoms with Crippen molar-refractivity contribution < 1.29 is 18.0 Å². The maximum atomic E-state index is 13.5. The summed E-state index contributed by atoms with van der Waals surface area (Å²) in [6.07, 6.45) is -4.12. The molecule has 0 spiro atoms. The van der Waals surface area contributed by atoms with Gasteiger partial charge in [-0.2, -0.15) is 18.4 Å². The molecular formula is C24H17ClF3NO. The number of rotatable bonds is 6. The lowest BCUT2D eigenvalue weighted by atomic mass is 9.71. The average molecular weight is 428 g/mol. The van der Waals surface area contributed by atoms with Crippen LogP contribution in [0.25, 0.3) is 0 Å². The number of carbonyl (C=O) groups excluding carboxylic acids is 1. The van der Waals surface area contributed by atoms with Crippen molar-refractivity contribution in [3.8, 4) is 6.07 Å². The second-order valence-corrected chi connectivity index (χ2v) is 7.30. The lowest BCUT2D eigenvalue weighted by Crippen LogP contribution is -2.35. The number of halogens is 4. The molecule has 0 saturated heterocycles. The summed E-state index contributed by atoms with van der Waals surface area (Å²) in [5.41, 5.74) is -1.38. The Morgan fingerprint density at radius 3 is 2.07 bits per heavy atom. The van der Waals surface area contributed by atoms with Gasteiger partial charge in [0.25, 0.3) is 0 Å². The second-order valence-electron chi connectivity index (χ2n) is 6.89. The van der Waals surface area contributed by atoms with Crippen LogP contribution >= 0.6 is 11.6 Å². The second kappa shape index (κ2) is 8.73. The summed E-state index contributed by atoms with van der Waals surface area (Å²) in [6, 6.07) is 22.3. The van der Waals surface area contributed by atoms with Gasteiger partial charge < -0.3 is 0 Å². The zero-order chi connectivity index (χ0) is 21.8. The molecule has 3 aromatic carbocycles. The van der Waals surface area contributed by atoms with Crippen molar-refractivity contribution >= 4 is 17.4 Å². The third-order valence-electron chi connectivity index (χ3n) is 5.00. The number of benzene rings is 3. The number of nitriles is 1. The molecule has 0 heterocycles. The van der Waals surface area contributed by atoms with E-state index in [0.717, 1.165) is 23.8 Å². The van der Waals surface area contributed by atoms with E-state index >= 15 is 0 Å². The summed E-state index contributed by atoms with van der Waals surface area (Å²) >= 11 is 6.21. The summed E-state index contributed by atoms with van der Waals surface area (Å²) in [6.45, 7) is 0. The quantitative estimate of drug-likeness (QED) is 0.414. The van der Waals surface area contributed by atoms with Gasteiger partial charge in [0.15, 0.2) is 5.78 Å². The van der Waals surface area contributed by atoms with Gasteiger partial charge in [-0.3, -0.25) is 4.79 Å². The van der Waals surface area contributed by atoms with E-state index < -0.39 is 22.9 Å². The number of aryl methyl sites for hydroxylation is 1. The molecule has 0 aliphatic heterocycles. The summed E-state index contributed by atoms with van der Waals surface area (Å²) in [5.74, 6) is -0.497. The molecule has 1 unspecified atom stereocenters. The number of hydrogen-bond donors (Lipinski definition) is 0. The summed E-state index contributed by atoms with van der Waals surface area (Å²) < 4.78 is 39.2. The fourth-order valence-corrected chi connectivity index (χ4v) is 3.73. The number of nitrogens with zero attached hydrogens (tertiary/aromatic N) is 1. The van der Waals surface area contributed by atoms with E-state index in [1.165, 1.54) is 0 Å². The van der Waals surface area contributed by atoms with Gasteiger partial charge >= 0.3 is 6.18 Å². The largest absolute Gasteiger partial charge is 0.416 e. The van der Waals surface area contributed by atoms with Crippen LogP contribution in [0.15, 0.2) is 78.9 Å². The predicted octanol–water partition coefficient (Wildman–Crippen LogP) is 6.64. The van der Waals surface area contributed by atoms with Gasteiger partial charge in [0.05, 0.1) is 11.6 Å². The molecule has 0 N–H and O–H groups in total. The van der Waals surface area contributed by atoms with Gasteiger partial charge in [-0.05, 0) is 36.1 Å². The van der Waals surface area contributed by atoms with Crippen LogP contribution in [-0.2, 0) is 18.0 Å². The Kier molecular flexibility index (Phi) is 6.28. The van der Waals surface area contributed by atoms with E-state index in [2.05, 4.69) is 6.07 Å². The van der Waals surface area contributed by atoms with Gasteiger partial charge in [-0.25, -0.2) is 0 Å². The van der Waals surface area contributed by atoms with E-state index in [0.29, 0.717) is 12.0 Å². The van der Waals surface area contributed by atoms with E-state index in [1.807, 2.05) is 30.3 Å². The van der Waals surface area contributed by atoms with Crippen LogP contribution < -0.4 is 0 Å². The minimum absolute atomic E-state index is 0.0736. The van der Waals surface area contributed by atoms with Crippen molar-refractivity contribution in [2.45, 2.75) is 24.4 Å². The monoisotopic (exact) mass is 427 g/mol. The van der Waals surface area contributed by atoms with Gasteiger partial charge in [0, 0.05) is 10.6 Å². The highest BCUT2D eigenvalue weighted by molar-refractivity contribution is 6.32. The highest BCUT2D eigenvalue weighted by Crippen LogP contribution is 2.40. The first-order valence-electron chi connectivity index (χ1n) is 9.20. The molecule has 0 radical (unpaired) electrons. The Morgan fingerprint density at radius 1 is 0.933 bits per heavy atom. The minimum Gasteiger partial charge on any atom is -0.292 e. The van der Waals surface area contributed by atoms with Gasteiger partial charge in [0.2, 0.25) is 0 Å². The molecule has 0 aliphatic rings. The molecule has 30 heavy (non-hydrogen) atoms. The zero-order valence-corrected chi connectivity index (χ0v) is 16.5. The van der Waals surface area contributed by atoms with Crippen LogP contribution in [0.5, 0.6) is 0 Å². The average Bonchev–Trinajstić information content (AvgIpc) is 2.75. The molecule has 0 bridgehead atoms. The van der Waals surface area contributed by atoms with E-state index in [-0.39, 0.29) is 17.0 Å². The highest BCUT2D eigenvalue weighted by Gasteiger charge is 2.43. The lowest BCUT2D eigenvalue weighted by Gasteiger charge is -2.27. The number of ketones is 1. The van der Waals surface area contributed by atoms with Crippen LogP contribution in [0.2, 0.25) is 5.02 Å². The zero-order valence-electron chi connectivity index (χ0n) is 15.8. The number of Topliss-reactive ketones (excluding diaryl/α,β-unsaturated/α-hetero) is 1. The number of hydrogen-bond acceptors (Lipinski definition) is 2. The van der Waals surface area contributed by atoms with Gasteiger partial charge in [0.1, 0.15) is 5.41 Å². The molecule has 0 amide bonds. The molecule has 6 heteroatoms. The molecule has 1 atom stereocenters. The fourth-order valence-electron chi connectivity index (χ4n) is 3.39. The van der Waals surface area contributed by atoms with Crippen molar-refractivity contribution in [1.29, 1.82) is 5.26 Å². The molecule has 0 aliphatic carbocycles. The standard InChI is InChI=1S/C24H17ClF3NO/c25-21-15-19(24(26,27)28)11-12-20(21)23(16-29,14-13-17-7-3-1-4-8-17)22(30)18-9-5-2-6-10-18/h1-12,15H,13-14H2. The number of alkyl halides is 3. The lowest BCUT2D eigenvalue weighted by molar-refractivity contribution is -0.137. The first-order valence-corrected chi connectivity index (χ1v) is 9.58. The van der Waals surface area contributed by atoms with Crippen LogP contribution in [0, 0.1) is 11.3 Å². The van der Waals surface area contributed by atoms with E-state index in [9.17, 15) is 23.2 Å². The molecule has 3 rings (SSSR count). The van der Waals surface area contributed by atoms with Crippen molar-refractivity contribution in [1.82, 2.24) is 0 Å². The Bertz CT molecular complexity index is 1080.